The van der Waals surface area contributed by atoms with E-state index in [1.54, 1.807) is 24.0 Å². The van der Waals surface area contributed by atoms with Crippen molar-refractivity contribution in [2.45, 2.75) is 12.5 Å². The second-order valence-corrected chi connectivity index (χ2v) is 3.88. The van der Waals surface area contributed by atoms with E-state index in [1.807, 2.05) is 11.6 Å². The van der Waals surface area contributed by atoms with Gasteiger partial charge in [0.05, 0.1) is 11.6 Å². The Morgan fingerprint density at radius 1 is 1.69 bits per heavy atom. The predicted molar refractivity (Wildman–Crippen MR) is 55.5 cm³/mol. The Labute approximate surface area is 80.3 Å². The van der Waals surface area contributed by atoms with Crippen LogP contribution in [0.3, 0.4) is 0 Å². The van der Waals surface area contributed by atoms with E-state index < -0.39 is 0 Å². The van der Waals surface area contributed by atoms with Gasteiger partial charge in [0.1, 0.15) is 0 Å². The lowest BCUT2D eigenvalue weighted by atomic mass is 10.1. The van der Waals surface area contributed by atoms with Crippen molar-refractivity contribution in [2.24, 2.45) is 4.99 Å². The summed E-state index contributed by atoms with van der Waals surface area (Å²) in [6, 6.07) is 3.92. The summed E-state index contributed by atoms with van der Waals surface area (Å²) in [6.45, 7) is 0. The fourth-order valence-electron chi connectivity index (χ4n) is 1.33. The topological polar surface area (TPSA) is 45.2 Å². The predicted octanol–water partition coefficient (Wildman–Crippen LogP) is 1.06. The Balaban J connectivity index is 2.09. The van der Waals surface area contributed by atoms with Gasteiger partial charge in [-0.1, -0.05) is 0 Å². The van der Waals surface area contributed by atoms with Gasteiger partial charge in [-0.3, -0.25) is 9.79 Å². The third-order valence-electron chi connectivity index (χ3n) is 1.95. The van der Waals surface area contributed by atoms with Gasteiger partial charge in [0, 0.05) is 18.0 Å². The number of nitrogens with zero attached hydrogens (tertiary/aromatic N) is 1. The van der Waals surface area contributed by atoms with Crippen LogP contribution < -0.4 is 5.56 Å². The number of aliphatic imine (C=N–C) groups is 1. The molecule has 1 aromatic rings. The largest absolute Gasteiger partial charge is 0.329 e. The van der Waals surface area contributed by atoms with Crippen molar-refractivity contribution in [3.63, 3.8) is 0 Å². The molecule has 3 nitrogen and oxygen atoms in total. The van der Waals surface area contributed by atoms with Crippen molar-refractivity contribution in [1.82, 2.24) is 4.98 Å². The minimum absolute atomic E-state index is 0.0351. The molecule has 1 unspecified atom stereocenters. The monoisotopic (exact) mass is 194 g/mol. The van der Waals surface area contributed by atoms with Crippen molar-refractivity contribution < 1.29 is 0 Å². The highest BCUT2D eigenvalue weighted by Crippen LogP contribution is 2.14. The molecule has 0 saturated heterocycles. The maximum absolute atomic E-state index is 11.0. The van der Waals surface area contributed by atoms with Crippen LogP contribution in [0.1, 0.15) is 5.56 Å². The quantitative estimate of drug-likeness (QED) is 0.765. The molecule has 1 aliphatic rings. The highest BCUT2D eigenvalue weighted by Gasteiger charge is 2.11. The zero-order valence-electron chi connectivity index (χ0n) is 7.06. The second-order valence-electron chi connectivity index (χ2n) is 3.01. The second kappa shape index (κ2) is 3.79. The number of pyridine rings is 1. The molecule has 2 heterocycles. The van der Waals surface area contributed by atoms with E-state index in [0.717, 1.165) is 17.7 Å². The van der Waals surface area contributed by atoms with Crippen LogP contribution in [-0.4, -0.2) is 22.3 Å². The summed E-state index contributed by atoms with van der Waals surface area (Å²) in [6.07, 6.45) is 2.55. The molecule has 0 spiro atoms. The Kier molecular flexibility index (Phi) is 2.49. The SMILES string of the molecule is O=c1cc(CC2CSC=N2)cc[nH]1. The molecule has 0 aliphatic carbocycles. The fourth-order valence-corrected chi connectivity index (χ4v) is 2.10. The van der Waals surface area contributed by atoms with Crippen LogP contribution in [0.5, 0.6) is 0 Å². The van der Waals surface area contributed by atoms with Gasteiger partial charge in [-0.15, -0.1) is 11.8 Å². The molecule has 0 fully saturated rings. The maximum atomic E-state index is 11.0. The fraction of sp³-hybridized carbons (Fsp3) is 0.333. The van der Waals surface area contributed by atoms with E-state index >= 15 is 0 Å². The van der Waals surface area contributed by atoms with Gasteiger partial charge in [0.2, 0.25) is 5.56 Å². The summed E-state index contributed by atoms with van der Waals surface area (Å²) in [7, 11) is 0. The first-order valence-corrected chi connectivity index (χ1v) is 5.20. The first-order valence-electron chi connectivity index (χ1n) is 4.15. The Bertz CT molecular complexity index is 372. The zero-order valence-corrected chi connectivity index (χ0v) is 7.88. The summed E-state index contributed by atoms with van der Waals surface area (Å²) >= 11 is 1.73. The van der Waals surface area contributed by atoms with Crippen LogP contribution >= 0.6 is 11.8 Å². The molecule has 0 saturated carbocycles. The van der Waals surface area contributed by atoms with Gasteiger partial charge in [0.15, 0.2) is 0 Å². The minimum Gasteiger partial charge on any atom is -0.329 e. The molecule has 13 heavy (non-hydrogen) atoms. The summed E-state index contributed by atoms with van der Waals surface area (Å²) < 4.78 is 0. The first-order chi connectivity index (χ1) is 6.34. The van der Waals surface area contributed by atoms with Crippen molar-refractivity contribution in [3.8, 4) is 0 Å². The van der Waals surface area contributed by atoms with Crippen LogP contribution in [0.15, 0.2) is 28.1 Å². The molecule has 0 amide bonds. The summed E-state index contributed by atoms with van der Waals surface area (Å²) in [5, 5.41) is 0. The third kappa shape index (κ3) is 2.21. The number of aromatic nitrogens is 1. The minimum atomic E-state index is -0.0351. The normalized spacial score (nSPS) is 20.8. The maximum Gasteiger partial charge on any atom is 0.248 e. The van der Waals surface area contributed by atoms with Crippen LogP contribution in [0.4, 0.5) is 0 Å². The third-order valence-corrected chi connectivity index (χ3v) is 2.79. The molecular formula is C9H10N2OS. The first kappa shape index (κ1) is 8.56. The van der Waals surface area contributed by atoms with Crippen molar-refractivity contribution in [3.05, 3.63) is 34.2 Å². The lowest BCUT2D eigenvalue weighted by Gasteiger charge is -2.04. The number of nitrogens with one attached hydrogen (secondary N) is 1. The lowest BCUT2D eigenvalue weighted by molar-refractivity contribution is 0.762. The van der Waals surface area contributed by atoms with Crippen molar-refractivity contribution in [1.29, 1.82) is 0 Å². The zero-order chi connectivity index (χ0) is 9.10. The highest BCUT2D eigenvalue weighted by atomic mass is 32.2. The average Bonchev–Trinajstić information content (AvgIpc) is 2.57. The molecule has 1 aliphatic heterocycles. The number of H-pyrrole nitrogens is 1. The summed E-state index contributed by atoms with van der Waals surface area (Å²) in [5.41, 5.74) is 2.92. The van der Waals surface area contributed by atoms with E-state index in [2.05, 4.69) is 9.98 Å². The molecule has 0 bridgehead atoms. The molecule has 1 aromatic heterocycles. The molecular weight excluding hydrogens is 184 g/mol. The molecule has 1 atom stereocenters. The highest BCUT2D eigenvalue weighted by molar-refractivity contribution is 8.12. The van der Waals surface area contributed by atoms with Gasteiger partial charge < -0.3 is 4.98 Å². The molecule has 0 radical (unpaired) electrons. The smallest absolute Gasteiger partial charge is 0.248 e. The molecule has 0 aromatic carbocycles. The van der Waals surface area contributed by atoms with Gasteiger partial charge in [-0.2, -0.15) is 0 Å². The van der Waals surface area contributed by atoms with E-state index in [-0.39, 0.29) is 5.56 Å². The summed E-state index contributed by atoms with van der Waals surface area (Å²) in [4.78, 5) is 17.8. The average molecular weight is 194 g/mol. The van der Waals surface area contributed by atoms with Crippen LogP contribution in [0, 0.1) is 0 Å². The Morgan fingerprint density at radius 2 is 2.62 bits per heavy atom. The lowest BCUT2D eigenvalue weighted by Crippen LogP contribution is -2.11. The number of aromatic amines is 1. The van der Waals surface area contributed by atoms with Crippen LogP contribution in [0.25, 0.3) is 0 Å². The van der Waals surface area contributed by atoms with Gasteiger partial charge in [-0.05, 0) is 18.1 Å². The summed E-state index contributed by atoms with van der Waals surface area (Å²) in [5.74, 6) is 1.03. The van der Waals surface area contributed by atoms with Gasteiger partial charge in [0.25, 0.3) is 0 Å². The standard InChI is InChI=1S/C9H10N2OS/c12-9-4-7(1-2-10-9)3-8-5-13-6-11-8/h1-2,4,6,8H,3,5H2,(H,10,12). The molecule has 4 heteroatoms. The Morgan fingerprint density at radius 3 is 3.31 bits per heavy atom. The van der Waals surface area contributed by atoms with Crippen molar-refractivity contribution >= 4 is 17.3 Å². The van der Waals surface area contributed by atoms with E-state index in [0.29, 0.717) is 6.04 Å². The van der Waals surface area contributed by atoms with Gasteiger partial charge >= 0.3 is 0 Å². The number of hydrogen-bond acceptors (Lipinski definition) is 3. The molecule has 1 N–H and O–H groups in total. The number of rotatable bonds is 2. The van der Waals surface area contributed by atoms with Crippen LogP contribution in [-0.2, 0) is 6.42 Å². The Hall–Kier alpha value is -1.03. The van der Waals surface area contributed by atoms with E-state index in [9.17, 15) is 4.79 Å². The number of thioether (sulfide) groups is 1. The van der Waals surface area contributed by atoms with Gasteiger partial charge in [-0.25, -0.2) is 0 Å². The van der Waals surface area contributed by atoms with Crippen LogP contribution in [0.2, 0.25) is 0 Å². The van der Waals surface area contributed by atoms with E-state index in [4.69, 9.17) is 0 Å². The molecule has 2 rings (SSSR count). The van der Waals surface area contributed by atoms with Crippen molar-refractivity contribution in [2.75, 3.05) is 5.75 Å². The van der Waals surface area contributed by atoms with E-state index in [1.165, 1.54) is 0 Å². The molecule has 68 valence electrons. The number of hydrogen-bond donors (Lipinski definition) is 1.